The molecule has 1 atom stereocenters. The molecule has 1 aromatic rings. The maximum Gasteiger partial charge on any atom is 0.317 e. The Bertz CT molecular complexity index is 598. The van der Waals surface area contributed by atoms with Gasteiger partial charge in [0.25, 0.3) is 0 Å². The predicted molar refractivity (Wildman–Crippen MR) is 76.5 cm³/mol. The number of hydrogen-bond acceptors (Lipinski definition) is 3. The van der Waals surface area contributed by atoms with Crippen molar-refractivity contribution >= 4 is 11.7 Å². The predicted octanol–water partition coefficient (Wildman–Crippen LogP) is 1.69. The second-order valence-corrected chi connectivity index (χ2v) is 5.41. The third kappa shape index (κ3) is 2.51. The van der Waals surface area contributed by atoms with Crippen molar-refractivity contribution < 1.29 is 9.18 Å². The zero-order valence-corrected chi connectivity index (χ0v) is 11.7. The lowest BCUT2D eigenvalue weighted by Crippen LogP contribution is -2.49. The van der Waals surface area contributed by atoms with Gasteiger partial charge in [-0.3, -0.25) is 0 Å². The highest BCUT2D eigenvalue weighted by Gasteiger charge is 2.32. The molecule has 2 fully saturated rings. The lowest BCUT2D eigenvalue weighted by Gasteiger charge is -2.38. The maximum absolute atomic E-state index is 13.7. The van der Waals surface area contributed by atoms with Crippen LogP contribution in [0.2, 0.25) is 0 Å². The van der Waals surface area contributed by atoms with Gasteiger partial charge < -0.3 is 15.1 Å². The first-order chi connectivity index (χ1) is 10.2. The van der Waals surface area contributed by atoms with E-state index in [4.69, 9.17) is 5.26 Å². The normalized spacial score (nSPS) is 22.1. The molecule has 0 radical (unpaired) electrons. The summed E-state index contributed by atoms with van der Waals surface area (Å²) in [5.74, 6) is -0.490. The van der Waals surface area contributed by atoms with E-state index in [-0.39, 0.29) is 17.6 Å². The van der Waals surface area contributed by atoms with Crippen LogP contribution < -0.4 is 10.2 Å². The van der Waals surface area contributed by atoms with Gasteiger partial charge in [0.2, 0.25) is 0 Å². The summed E-state index contributed by atoms with van der Waals surface area (Å²) in [5.41, 5.74) is 0.714. The van der Waals surface area contributed by atoms with Crippen LogP contribution in [-0.2, 0) is 0 Å². The van der Waals surface area contributed by atoms with Crippen LogP contribution >= 0.6 is 0 Å². The number of amides is 2. The van der Waals surface area contributed by atoms with Crippen molar-refractivity contribution in [2.75, 3.05) is 31.1 Å². The molecule has 2 heterocycles. The van der Waals surface area contributed by atoms with Crippen LogP contribution in [0.3, 0.4) is 0 Å². The van der Waals surface area contributed by atoms with Crippen LogP contribution in [0.4, 0.5) is 14.9 Å². The Labute approximate surface area is 122 Å². The first kappa shape index (κ1) is 13.7. The fraction of sp³-hybridized carbons (Fsp3) is 0.467. The van der Waals surface area contributed by atoms with E-state index in [9.17, 15) is 9.18 Å². The Morgan fingerprint density at radius 2 is 2.24 bits per heavy atom. The molecule has 3 rings (SSSR count). The first-order valence-corrected chi connectivity index (χ1v) is 7.18. The highest BCUT2D eigenvalue weighted by Crippen LogP contribution is 2.27. The lowest BCUT2D eigenvalue weighted by atomic mass is 10.0. The summed E-state index contributed by atoms with van der Waals surface area (Å²) in [4.78, 5) is 15.6. The van der Waals surface area contributed by atoms with Gasteiger partial charge in [-0.15, -0.1) is 0 Å². The Morgan fingerprint density at radius 1 is 1.38 bits per heavy atom. The SMILES string of the molecule is N#Cc1c(F)cccc1N1CCCC(N2CCNC2=O)C1. The minimum atomic E-state index is -0.490. The molecule has 2 amide bonds. The monoisotopic (exact) mass is 288 g/mol. The number of anilines is 1. The second-order valence-electron chi connectivity index (χ2n) is 5.41. The molecule has 6 heteroatoms. The molecule has 5 nitrogen and oxygen atoms in total. The summed E-state index contributed by atoms with van der Waals surface area (Å²) in [7, 11) is 0. The van der Waals surface area contributed by atoms with Crippen LogP contribution in [0.5, 0.6) is 0 Å². The minimum absolute atomic E-state index is 0.0263. The van der Waals surface area contributed by atoms with Crippen LogP contribution in [0.25, 0.3) is 0 Å². The molecule has 1 aromatic carbocycles. The number of hydrogen-bond donors (Lipinski definition) is 1. The Hall–Kier alpha value is -2.29. The number of nitrogens with one attached hydrogen (secondary N) is 1. The highest BCUT2D eigenvalue weighted by atomic mass is 19.1. The summed E-state index contributed by atoms with van der Waals surface area (Å²) >= 11 is 0. The summed E-state index contributed by atoms with van der Waals surface area (Å²) < 4.78 is 13.7. The van der Waals surface area contributed by atoms with Crippen molar-refractivity contribution in [1.29, 1.82) is 5.26 Å². The van der Waals surface area contributed by atoms with Crippen molar-refractivity contribution in [1.82, 2.24) is 10.2 Å². The number of nitriles is 1. The van der Waals surface area contributed by atoms with E-state index in [0.717, 1.165) is 19.4 Å². The average molecular weight is 288 g/mol. The van der Waals surface area contributed by atoms with E-state index in [2.05, 4.69) is 5.32 Å². The van der Waals surface area contributed by atoms with Crippen molar-refractivity contribution in [3.63, 3.8) is 0 Å². The van der Waals surface area contributed by atoms with Gasteiger partial charge >= 0.3 is 6.03 Å². The Morgan fingerprint density at radius 3 is 2.95 bits per heavy atom. The van der Waals surface area contributed by atoms with Crippen molar-refractivity contribution in [3.8, 4) is 6.07 Å². The van der Waals surface area contributed by atoms with Gasteiger partial charge in [-0.2, -0.15) is 5.26 Å². The third-order valence-corrected chi connectivity index (χ3v) is 4.17. The topological polar surface area (TPSA) is 59.4 Å². The Balaban J connectivity index is 1.82. The van der Waals surface area contributed by atoms with Crippen molar-refractivity contribution in [2.45, 2.75) is 18.9 Å². The number of urea groups is 1. The van der Waals surface area contributed by atoms with Crippen molar-refractivity contribution in [2.24, 2.45) is 0 Å². The summed E-state index contributed by atoms with van der Waals surface area (Å²) in [5, 5.41) is 12.0. The lowest BCUT2D eigenvalue weighted by molar-refractivity contribution is 0.189. The average Bonchev–Trinajstić information content (AvgIpc) is 2.93. The molecule has 2 aliphatic heterocycles. The smallest absolute Gasteiger partial charge is 0.317 e. The molecule has 21 heavy (non-hydrogen) atoms. The molecule has 1 N–H and O–H groups in total. The van der Waals surface area contributed by atoms with Gasteiger partial charge in [0, 0.05) is 26.2 Å². The van der Waals surface area contributed by atoms with E-state index in [1.165, 1.54) is 6.07 Å². The molecule has 2 aliphatic rings. The quantitative estimate of drug-likeness (QED) is 0.901. The molecule has 0 aromatic heterocycles. The van der Waals surface area contributed by atoms with Gasteiger partial charge in [0.15, 0.2) is 0 Å². The van der Waals surface area contributed by atoms with Gasteiger partial charge in [0.05, 0.1) is 11.7 Å². The largest absolute Gasteiger partial charge is 0.368 e. The highest BCUT2D eigenvalue weighted by molar-refractivity contribution is 5.76. The summed E-state index contributed by atoms with van der Waals surface area (Å²) in [6, 6.07) is 6.74. The maximum atomic E-state index is 13.7. The molecule has 0 saturated carbocycles. The van der Waals surface area contributed by atoms with E-state index >= 15 is 0 Å². The first-order valence-electron chi connectivity index (χ1n) is 7.18. The third-order valence-electron chi connectivity index (χ3n) is 4.17. The molecular weight excluding hydrogens is 271 g/mol. The fourth-order valence-corrected chi connectivity index (χ4v) is 3.15. The molecule has 110 valence electrons. The summed E-state index contributed by atoms with van der Waals surface area (Å²) in [6.07, 6.45) is 1.87. The fourth-order valence-electron chi connectivity index (χ4n) is 3.15. The molecule has 0 aliphatic carbocycles. The van der Waals surface area contributed by atoms with Crippen LogP contribution in [-0.4, -0.2) is 43.2 Å². The number of carbonyl (C=O) groups excluding carboxylic acids is 1. The Kier molecular flexibility index (Phi) is 3.65. The van der Waals surface area contributed by atoms with Crippen LogP contribution in [0.15, 0.2) is 18.2 Å². The van der Waals surface area contributed by atoms with E-state index in [0.29, 0.717) is 25.3 Å². The molecule has 0 spiro atoms. The standard InChI is InChI=1S/C15H17FN4O/c16-13-4-1-5-14(12(13)9-17)19-7-2-3-11(10-19)20-8-6-18-15(20)21/h1,4-5,11H,2-3,6-8,10H2,(H,18,21). The number of rotatable bonds is 2. The second kappa shape index (κ2) is 5.60. The van der Waals surface area contributed by atoms with E-state index < -0.39 is 5.82 Å². The zero-order chi connectivity index (χ0) is 14.8. The van der Waals surface area contributed by atoms with Gasteiger partial charge in [0.1, 0.15) is 17.4 Å². The zero-order valence-electron chi connectivity index (χ0n) is 11.7. The van der Waals surface area contributed by atoms with Gasteiger partial charge in [-0.05, 0) is 25.0 Å². The number of piperidine rings is 1. The number of carbonyl (C=O) groups is 1. The molecule has 2 saturated heterocycles. The number of nitrogens with zero attached hydrogens (tertiary/aromatic N) is 3. The molecule has 0 bridgehead atoms. The minimum Gasteiger partial charge on any atom is -0.368 e. The van der Waals surface area contributed by atoms with Crippen LogP contribution in [0, 0.1) is 17.1 Å². The van der Waals surface area contributed by atoms with Gasteiger partial charge in [-0.25, -0.2) is 9.18 Å². The summed E-state index contributed by atoms with van der Waals surface area (Å²) in [6.45, 7) is 2.82. The molecule has 1 unspecified atom stereocenters. The number of benzene rings is 1. The van der Waals surface area contributed by atoms with E-state index in [1.54, 1.807) is 12.1 Å². The number of halogens is 1. The van der Waals surface area contributed by atoms with Gasteiger partial charge in [-0.1, -0.05) is 6.07 Å². The van der Waals surface area contributed by atoms with Crippen LogP contribution in [0.1, 0.15) is 18.4 Å². The molecular formula is C15H17FN4O. The van der Waals surface area contributed by atoms with E-state index in [1.807, 2.05) is 15.9 Å². The van der Waals surface area contributed by atoms with Crippen molar-refractivity contribution in [3.05, 3.63) is 29.6 Å².